The molecule has 1 saturated heterocycles. The van der Waals surface area contributed by atoms with Crippen LogP contribution in [0.2, 0.25) is 5.02 Å². The van der Waals surface area contributed by atoms with Crippen molar-refractivity contribution in [1.29, 1.82) is 0 Å². The van der Waals surface area contributed by atoms with Crippen molar-refractivity contribution < 1.29 is 8.91 Å². The highest BCUT2D eigenvalue weighted by Crippen LogP contribution is 2.48. The monoisotopic (exact) mass is 455 g/mol. The quantitative estimate of drug-likeness (QED) is 0.467. The van der Waals surface area contributed by atoms with Crippen LogP contribution in [0.5, 0.6) is 0 Å². The number of benzene rings is 1. The Morgan fingerprint density at radius 2 is 2.09 bits per heavy atom. The summed E-state index contributed by atoms with van der Waals surface area (Å²) in [7, 11) is 1.75. The molecular weight excluding hydrogens is 437 g/mol. The summed E-state index contributed by atoms with van der Waals surface area (Å²) in [5.41, 5.74) is 1.17. The van der Waals surface area contributed by atoms with Crippen molar-refractivity contribution in [1.82, 2.24) is 29.2 Å². The van der Waals surface area contributed by atoms with Crippen molar-refractivity contribution >= 4 is 28.5 Å². The van der Waals surface area contributed by atoms with Gasteiger partial charge in [-0.2, -0.15) is 4.98 Å². The molecule has 2 aliphatic rings. The number of hydrogen-bond acceptors (Lipinski definition) is 7. The number of imidazole rings is 1. The summed E-state index contributed by atoms with van der Waals surface area (Å²) in [5, 5.41) is 4.33. The minimum Gasteiger partial charge on any atom is -0.366 e. The molecule has 2 bridgehead atoms. The third kappa shape index (κ3) is 2.93. The van der Waals surface area contributed by atoms with Gasteiger partial charge in [0, 0.05) is 25.6 Å². The summed E-state index contributed by atoms with van der Waals surface area (Å²) in [6.07, 6.45) is 4.76. The third-order valence-corrected chi connectivity index (χ3v) is 6.90. The van der Waals surface area contributed by atoms with Gasteiger partial charge in [-0.3, -0.25) is 9.36 Å². The Kier molecular flexibility index (Phi) is 4.32. The van der Waals surface area contributed by atoms with E-state index in [9.17, 15) is 9.18 Å². The Labute approximate surface area is 186 Å². The molecule has 0 amide bonds. The minimum atomic E-state index is -0.371. The van der Waals surface area contributed by atoms with Crippen LogP contribution in [0.25, 0.3) is 11.2 Å². The molecule has 32 heavy (non-hydrogen) atoms. The van der Waals surface area contributed by atoms with E-state index < -0.39 is 0 Å². The van der Waals surface area contributed by atoms with Crippen LogP contribution in [0, 0.1) is 11.7 Å². The van der Waals surface area contributed by atoms with E-state index in [0.29, 0.717) is 34.5 Å². The van der Waals surface area contributed by atoms with Crippen molar-refractivity contribution in [2.75, 3.05) is 11.4 Å². The maximum atomic E-state index is 14.5. The molecule has 0 N–H and O–H groups in total. The number of aromatic nitrogens is 6. The molecule has 0 spiro atoms. The van der Waals surface area contributed by atoms with E-state index in [2.05, 4.69) is 25.0 Å². The number of hydrogen-bond donors (Lipinski definition) is 0. The van der Waals surface area contributed by atoms with Gasteiger partial charge in [0.25, 0.3) is 5.56 Å². The van der Waals surface area contributed by atoms with Gasteiger partial charge in [0.05, 0.1) is 17.0 Å². The zero-order valence-electron chi connectivity index (χ0n) is 17.2. The van der Waals surface area contributed by atoms with Gasteiger partial charge in [0.1, 0.15) is 12.9 Å². The highest BCUT2D eigenvalue weighted by atomic mass is 35.5. The van der Waals surface area contributed by atoms with Gasteiger partial charge >= 0.3 is 0 Å². The molecule has 1 saturated carbocycles. The lowest BCUT2D eigenvalue weighted by atomic mass is 9.93. The van der Waals surface area contributed by atoms with Crippen LogP contribution >= 0.6 is 11.6 Å². The third-order valence-electron chi connectivity index (χ3n) is 6.60. The van der Waals surface area contributed by atoms with Gasteiger partial charge in [-0.1, -0.05) is 22.8 Å². The Morgan fingerprint density at radius 3 is 2.91 bits per heavy atom. The number of anilines is 1. The van der Waals surface area contributed by atoms with Crippen LogP contribution in [0.15, 0.2) is 40.2 Å². The summed E-state index contributed by atoms with van der Waals surface area (Å²) in [6.45, 7) is 0.859. The SMILES string of the molecule is Cn1cnc2ncn(Cc3nc([C@H]4CC5C[C@@H]4CN5c4cccc(Cl)c4F)no3)c(=O)c21. The van der Waals surface area contributed by atoms with E-state index in [1.165, 1.54) is 10.9 Å². The second-order valence-corrected chi connectivity index (χ2v) is 8.88. The topological polar surface area (TPSA) is 94.9 Å². The van der Waals surface area contributed by atoms with Crippen molar-refractivity contribution in [3.63, 3.8) is 0 Å². The summed E-state index contributed by atoms with van der Waals surface area (Å²) in [4.78, 5) is 27.7. The van der Waals surface area contributed by atoms with E-state index in [-0.39, 0.29) is 34.9 Å². The van der Waals surface area contributed by atoms with Gasteiger partial charge < -0.3 is 14.0 Å². The van der Waals surface area contributed by atoms with Gasteiger partial charge in [-0.25, -0.2) is 14.4 Å². The first kappa shape index (κ1) is 19.4. The number of rotatable bonds is 4. The molecule has 1 aliphatic carbocycles. The predicted octanol–water partition coefficient (Wildman–Crippen LogP) is 2.74. The lowest BCUT2D eigenvalue weighted by Gasteiger charge is -2.32. The minimum absolute atomic E-state index is 0.138. The summed E-state index contributed by atoms with van der Waals surface area (Å²) in [6, 6.07) is 5.31. The standard InChI is InChI=1S/C21H19ClFN7O2/c1-28-9-24-20-18(28)21(31)29(10-25-20)8-16-26-19(27-32-16)13-6-12-5-11(13)7-30(12)15-4-2-3-14(22)17(15)23/h2-4,9-13H,5-8H2,1H3/t11-,12?,13+/m1/s1. The van der Waals surface area contributed by atoms with Crippen molar-refractivity contribution in [2.45, 2.75) is 31.3 Å². The van der Waals surface area contributed by atoms with Crippen LogP contribution in [-0.4, -0.2) is 41.8 Å². The molecule has 11 heteroatoms. The highest BCUT2D eigenvalue weighted by molar-refractivity contribution is 6.31. The van der Waals surface area contributed by atoms with Crippen LogP contribution in [0.4, 0.5) is 10.1 Å². The maximum Gasteiger partial charge on any atom is 0.280 e. The van der Waals surface area contributed by atoms with Crippen LogP contribution < -0.4 is 10.5 Å². The first-order chi connectivity index (χ1) is 15.5. The second kappa shape index (κ2) is 7.13. The highest BCUT2D eigenvalue weighted by Gasteiger charge is 2.47. The lowest BCUT2D eigenvalue weighted by molar-refractivity contribution is 0.353. The maximum absolute atomic E-state index is 14.5. The Balaban J connectivity index is 1.20. The summed E-state index contributed by atoms with van der Waals surface area (Å²) in [5.74, 6) is 1.07. The van der Waals surface area contributed by atoms with E-state index in [1.807, 2.05) is 0 Å². The fraction of sp³-hybridized carbons (Fsp3) is 0.381. The zero-order chi connectivity index (χ0) is 22.0. The molecule has 1 aliphatic heterocycles. The molecule has 164 valence electrons. The van der Waals surface area contributed by atoms with E-state index in [1.54, 1.807) is 36.1 Å². The van der Waals surface area contributed by atoms with Crippen molar-refractivity contribution in [2.24, 2.45) is 13.0 Å². The Bertz CT molecular complexity index is 1400. The number of nitrogens with zero attached hydrogens (tertiary/aromatic N) is 7. The molecule has 4 aromatic rings. The van der Waals surface area contributed by atoms with Crippen LogP contribution in [-0.2, 0) is 13.6 Å². The molecule has 1 unspecified atom stereocenters. The first-order valence-electron chi connectivity index (χ1n) is 10.4. The summed E-state index contributed by atoms with van der Waals surface area (Å²) >= 11 is 5.97. The number of fused-ring (bicyclic) bond motifs is 3. The molecule has 4 heterocycles. The van der Waals surface area contributed by atoms with Gasteiger partial charge in [-0.15, -0.1) is 0 Å². The first-order valence-corrected chi connectivity index (χ1v) is 10.8. The lowest BCUT2D eigenvalue weighted by Crippen LogP contribution is -2.35. The normalized spacial score (nSPS) is 22.3. The van der Waals surface area contributed by atoms with Gasteiger partial charge in [-0.05, 0) is 30.9 Å². The predicted molar refractivity (Wildman–Crippen MR) is 114 cm³/mol. The van der Waals surface area contributed by atoms with E-state index >= 15 is 0 Å². The molecule has 3 atom stereocenters. The van der Waals surface area contributed by atoms with Gasteiger partial charge in [0.2, 0.25) is 5.89 Å². The van der Waals surface area contributed by atoms with Crippen LogP contribution in [0.3, 0.4) is 0 Å². The second-order valence-electron chi connectivity index (χ2n) is 8.47. The molecule has 0 radical (unpaired) electrons. The largest absolute Gasteiger partial charge is 0.366 e. The number of halogens is 2. The van der Waals surface area contributed by atoms with Crippen molar-refractivity contribution in [3.8, 4) is 0 Å². The van der Waals surface area contributed by atoms with E-state index in [0.717, 1.165) is 19.4 Å². The average Bonchev–Trinajstić information content (AvgIpc) is 3.56. The molecule has 2 fully saturated rings. The number of piperidine rings is 1. The van der Waals surface area contributed by atoms with E-state index in [4.69, 9.17) is 16.1 Å². The van der Waals surface area contributed by atoms with Gasteiger partial charge in [0.15, 0.2) is 22.8 Å². The fourth-order valence-corrected chi connectivity index (χ4v) is 5.26. The smallest absolute Gasteiger partial charge is 0.280 e. The fourth-order valence-electron chi connectivity index (χ4n) is 5.09. The molecule has 3 aromatic heterocycles. The van der Waals surface area contributed by atoms with Crippen LogP contribution in [0.1, 0.15) is 30.5 Å². The molecule has 1 aromatic carbocycles. The summed E-state index contributed by atoms with van der Waals surface area (Å²) < 4.78 is 23.0. The average molecular weight is 456 g/mol. The zero-order valence-corrected chi connectivity index (χ0v) is 17.9. The molecule has 9 nitrogen and oxygen atoms in total. The number of aryl methyl sites for hydroxylation is 1. The van der Waals surface area contributed by atoms with Crippen molar-refractivity contribution in [3.05, 3.63) is 63.8 Å². The Morgan fingerprint density at radius 1 is 1.25 bits per heavy atom. The molecule has 6 rings (SSSR count). The molecular formula is C21H19ClFN7O2. The Hall–Kier alpha value is -3.27.